The smallest absolute Gasteiger partial charge is 0.258 e. The molecule has 1 aliphatic heterocycles. The van der Waals surface area contributed by atoms with Crippen LogP contribution < -0.4 is 15.5 Å². The van der Waals surface area contributed by atoms with Crippen LogP contribution >= 0.6 is 11.3 Å². The van der Waals surface area contributed by atoms with Gasteiger partial charge in [-0.2, -0.15) is 0 Å². The first-order valence-corrected chi connectivity index (χ1v) is 12.4. The van der Waals surface area contributed by atoms with E-state index in [1.165, 1.54) is 11.3 Å². The molecule has 4 aromatic rings. The Morgan fingerprint density at radius 1 is 1.00 bits per heavy atom. The van der Waals surface area contributed by atoms with Gasteiger partial charge in [-0.1, -0.05) is 42.0 Å². The molecule has 35 heavy (non-hydrogen) atoms. The Labute approximate surface area is 208 Å². The minimum atomic E-state index is -0.145. The highest BCUT2D eigenvalue weighted by Gasteiger charge is 2.26. The van der Waals surface area contributed by atoms with Gasteiger partial charge in [0, 0.05) is 33.9 Å². The molecule has 3 aromatic carbocycles. The van der Waals surface area contributed by atoms with Gasteiger partial charge in [0.25, 0.3) is 5.91 Å². The summed E-state index contributed by atoms with van der Waals surface area (Å²) in [6.07, 6.45) is 0.804. The monoisotopic (exact) mass is 482 g/mol. The van der Waals surface area contributed by atoms with Crippen molar-refractivity contribution in [2.24, 2.45) is 0 Å². The van der Waals surface area contributed by atoms with Gasteiger partial charge in [-0.15, -0.1) is 11.3 Å². The van der Waals surface area contributed by atoms with Crippen LogP contribution in [0.1, 0.15) is 26.4 Å². The highest BCUT2D eigenvalue weighted by molar-refractivity contribution is 7.16. The summed E-state index contributed by atoms with van der Waals surface area (Å²) in [7, 11) is 0. The third-order valence-electron chi connectivity index (χ3n) is 6.03. The van der Waals surface area contributed by atoms with Crippen LogP contribution in [0.25, 0.3) is 11.3 Å². The van der Waals surface area contributed by atoms with Gasteiger partial charge < -0.3 is 15.5 Å². The molecule has 2 heterocycles. The molecule has 0 saturated carbocycles. The molecule has 0 fully saturated rings. The molecule has 0 saturated heterocycles. The topological polar surface area (TPSA) is 74.3 Å². The summed E-state index contributed by atoms with van der Waals surface area (Å²) in [4.78, 5) is 33.1. The molecule has 1 aliphatic rings. The summed E-state index contributed by atoms with van der Waals surface area (Å²) in [5, 5.41) is 6.58. The molecule has 2 N–H and O–H groups in total. The SMILES string of the molecule is Cc1cccc(C(=O)N2CCc3cc(-c4nc(NC(=O)CNc5ccccc5)sc4C)ccc32)c1. The number of para-hydroxylation sites is 1. The van der Waals surface area contributed by atoms with E-state index in [0.29, 0.717) is 17.2 Å². The molecule has 6 nitrogen and oxygen atoms in total. The van der Waals surface area contributed by atoms with Crippen LogP contribution in [-0.2, 0) is 11.2 Å². The average Bonchev–Trinajstić information content (AvgIpc) is 3.45. The number of nitrogens with one attached hydrogen (secondary N) is 2. The lowest BCUT2D eigenvalue weighted by atomic mass is 10.1. The summed E-state index contributed by atoms with van der Waals surface area (Å²) < 4.78 is 0. The molecule has 5 rings (SSSR count). The maximum atomic E-state index is 13.1. The fraction of sp³-hybridized carbons (Fsp3) is 0.179. The molecule has 0 unspecified atom stereocenters. The molecule has 7 heteroatoms. The number of hydrogen-bond acceptors (Lipinski definition) is 5. The standard InChI is InChI=1S/C28H26N4O2S/c1-18-7-6-8-22(15-18)27(34)32-14-13-20-16-21(11-12-24(20)32)26-19(2)35-28(31-26)30-25(33)17-29-23-9-4-3-5-10-23/h3-12,15-16,29H,13-14,17H2,1-2H3,(H,30,31,33). The van der Waals surface area contributed by atoms with Crippen molar-refractivity contribution >= 4 is 39.7 Å². The number of aryl methyl sites for hydroxylation is 2. The predicted molar refractivity (Wildman–Crippen MR) is 142 cm³/mol. The van der Waals surface area contributed by atoms with Gasteiger partial charge in [0.05, 0.1) is 12.2 Å². The number of hydrogen-bond donors (Lipinski definition) is 2. The van der Waals surface area contributed by atoms with E-state index < -0.39 is 0 Å². The van der Waals surface area contributed by atoms with Crippen molar-refractivity contribution in [2.45, 2.75) is 20.3 Å². The number of amides is 2. The number of benzene rings is 3. The Balaban J connectivity index is 1.29. The van der Waals surface area contributed by atoms with Crippen LogP contribution in [0.3, 0.4) is 0 Å². The van der Waals surface area contributed by atoms with E-state index in [2.05, 4.69) is 16.7 Å². The summed E-state index contributed by atoms with van der Waals surface area (Å²) in [5.41, 5.74) is 6.61. The van der Waals surface area contributed by atoms with E-state index in [0.717, 1.165) is 45.1 Å². The normalized spacial score (nSPS) is 12.3. The van der Waals surface area contributed by atoms with Crippen molar-refractivity contribution in [1.29, 1.82) is 0 Å². The lowest BCUT2D eigenvalue weighted by Crippen LogP contribution is -2.28. The predicted octanol–water partition coefficient (Wildman–Crippen LogP) is 5.68. The largest absolute Gasteiger partial charge is 0.376 e. The molecular formula is C28H26N4O2S. The highest BCUT2D eigenvalue weighted by atomic mass is 32.1. The number of carbonyl (C=O) groups excluding carboxylic acids is 2. The van der Waals surface area contributed by atoms with Gasteiger partial charge in [0.15, 0.2) is 5.13 Å². The number of nitrogens with zero attached hydrogens (tertiary/aromatic N) is 2. The molecule has 176 valence electrons. The van der Waals surface area contributed by atoms with Gasteiger partial charge in [-0.3, -0.25) is 9.59 Å². The van der Waals surface area contributed by atoms with Crippen molar-refractivity contribution in [3.05, 3.63) is 94.4 Å². The van der Waals surface area contributed by atoms with Crippen LogP contribution in [0.15, 0.2) is 72.8 Å². The summed E-state index contributed by atoms with van der Waals surface area (Å²) >= 11 is 1.46. The second kappa shape index (κ2) is 9.72. The number of rotatable bonds is 6. The fourth-order valence-corrected chi connectivity index (χ4v) is 5.17. The Bertz CT molecular complexity index is 1400. The summed E-state index contributed by atoms with van der Waals surface area (Å²) in [6.45, 7) is 4.83. The molecule has 0 radical (unpaired) electrons. The van der Waals surface area contributed by atoms with E-state index in [9.17, 15) is 9.59 Å². The van der Waals surface area contributed by atoms with Crippen LogP contribution in [0.4, 0.5) is 16.5 Å². The first-order chi connectivity index (χ1) is 17.0. The van der Waals surface area contributed by atoms with E-state index in [1.54, 1.807) is 0 Å². The Kier molecular flexibility index (Phi) is 6.33. The van der Waals surface area contributed by atoms with Gasteiger partial charge in [0.2, 0.25) is 5.91 Å². The van der Waals surface area contributed by atoms with Crippen LogP contribution in [0, 0.1) is 13.8 Å². The third kappa shape index (κ3) is 4.95. The maximum absolute atomic E-state index is 13.1. The minimum Gasteiger partial charge on any atom is -0.376 e. The van der Waals surface area contributed by atoms with E-state index in [4.69, 9.17) is 4.98 Å². The Morgan fingerprint density at radius 3 is 2.63 bits per heavy atom. The quantitative estimate of drug-likeness (QED) is 0.371. The molecule has 2 amide bonds. The first kappa shape index (κ1) is 22.8. The number of aromatic nitrogens is 1. The lowest BCUT2D eigenvalue weighted by Gasteiger charge is -2.18. The fourth-order valence-electron chi connectivity index (χ4n) is 4.31. The first-order valence-electron chi connectivity index (χ1n) is 11.6. The van der Waals surface area contributed by atoms with Gasteiger partial charge in [0.1, 0.15) is 0 Å². The van der Waals surface area contributed by atoms with Crippen LogP contribution in [-0.4, -0.2) is 29.9 Å². The van der Waals surface area contributed by atoms with Crippen molar-refractivity contribution in [2.75, 3.05) is 28.6 Å². The van der Waals surface area contributed by atoms with Crippen molar-refractivity contribution in [3.63, 3.8) is 0 Å². The molecule has 0 aliphatic carbocycles. The second-order valence-electron chi connectivity index (χ2n) is 8.61. The lowest BCUT2D eigenvalue weighted by molar-refractivity contribution is -0.114. The Hall–Kier alpha value is -3.97. The van der Waals surface area contributed by atoms with Crippen LogP contribution in [0.5, 0.6) is 0 Å². The number of anilines is 3. The molecule has 0 spiro atoms. The molecular weight excluding hydrogens is 456 g/mol. The van der Waals surface area contributed by atoms with Gasteiger partial charge >= 0.3 is 0 Å². The second-order valence-corrected chi connectivity index (χ2v) is 9.81. The van der Waals surface area contributed by atoms with Gasteiger partial charge in [-0.05, 0) is 62.2 Å². The molecule has 0 atom stereocenters. The minimum absolute atomic E-state index is 0.0270. The van der Waals surface area contributed by atoms with Crippen molar-refractivity contribution in [1.82, 2.24) is 4.98 Å². The maximum Gasteiger partial charge on any atom is 0.258 e. The zero-order valence-corrected chi connectivity index (χ0v) is 20.5. The van der Waals surface area contributed by atoms with Crippen molar-refractivity contribution < 1.29 is 9.59 Å². The highest BCUT2D eigenvalue weighted by Crippen LogP contribution is 2.36. The van der Waals surface area contributed by atoms with Gasteiger partial charge in [-0.25, -0.2) is 4.98 Å². The van der Waals surface area contributed by atoms with E-state index in [1.807, 2.05) is 85.5 Å². The van der Waals surface area contributed by atoms with E-state index >= 15 is 0 Å². The summed E-state index contributed by atoms with van der Waals surface area (Å²) in [6, 6.07) is 23.4. The number of fused-ring (bicyclic) bond motifs is 1. The summed E-state index contributed by atoms with van der Waals surface area (Å²) in [5.74, 6) is -0.118. The number of thiazole rings is 1. The average molecular weight is 483 g/mol. The van der Waals surface area contributed by atoms with E-state index in [-0.39, 0.29) is 18.4 Å². The molecule has 0 bridgehead atoms. The Morgan fingerprint density at radius 2 is 1.83 bits per heavy atom. The number of carbonyl (C=O) groups is 2. The third-order valence-corrected chi connectivity index (χ3v) is 6.91. The van der Waals surface area contributed by atoms with Crippen LogP contribution in [0.2, 0.25) is 0 Å². The molecule has 1 aromatic heterocycles. The zero-order chi connectivity index (χ0) is 24.4. The van der Waals surface area contributed by atoms with Crippen molar-refractivity contribution in [3.8, 4) is 11.3 Å². The zero-order valence-electron chi connectivity index (χ0n) is 19.7.